The van der Waals surface area contributed by atoms with Gasteiger partial charge in [0.05, 0.1) is 5.69 Å². The van der Waals surface area contributed by atoms with E-state index in [-0.39, 0.29) is 5.91 Å². The van der Waals surface area contributed by atoms with Crippen LogP contribution in [0.1, 0.15) is 55.8 Å². The fraction of sp³-hybridized carbons (Fsp3) is 0.750. The van der Waals surface area contributed by atoms with Crippen molar-refractivity contribution in [1.82, 2.24) is 15.0 Å². The summed E-state index contributed by atoms with van der Waals surface area (Å²) < 4.78 is 5.13. The molecule has 1 aromatic rings. The van der Waals surface area contributed by atoms with E-state index in [9.17, 15) is 4.79 Å². The van der Waals surface area contributed by atoms with Crippen LogP contribution in [0.2, 0.25) is 0 Å². The van der Waals surface area contributed by atoms with Gasteiger partial charge in [0, 0.05) is 37.3 Å². The number of carbonyl (C=O) groups is 1. The van der Waals surface area contributed by atoms with Crippen LogP contribution in [-0.4, -0.2) is 52.1 Å². The van der Waals surface area contributed by atoms with Gasteiger partial charge in [0.2, 0.25) is 5.76 Å². The molecule has 0 aliphatic carbocycles. The molecule has 0 spiro atoms. The molecule has 3 rings (SSSR count). The maximum Gasteiger partial charge on any atom is 0.292 e. The molecule has 5 heteroatoms. The molecule has 3 atom stereocenters. The molecule has 0 radical (unpaired) electrons. The van der Waals surface area contributed by atoms with Crippen molar-refractivity contribution in [3.05, 3.63) is 17.5 Å². The summed E-state index contributed by atoms with van der Waals surface area (Å²) in [6.07, 6.45) is 4.80. The molecule has 0 aromatic carbocycles. The van der Waals surface area contributed by atoms with E-state index in [4.69, 9.17) is 4.52 Å². The van der Waals surface area contributed by atoms with Gasteiger partial charge < -0.3 is 9.42 Å². The minimum absolute atomic E-state index is 0.0141. The second-order valence-electron chi connectivity index (χ2n) is 6.60. The first-order valence-corrected chi connectivity index (χ1v) is 8.06. The summed E-state index contributed by atoms with van der Waals surface area (Å²) in [5.74, 6) is 0.357. The van der Waals surface area contributed by atoms with Crippen LogP contribution >= 0.6 is 0 Å². The van der Waals surface area contributed by atoms with Crippen molar-refractivity contribution in [2.24, 2.45) is 0 Å². The molecule has 1 aromatic heterocycles. The molecule has 3 heterocycles. The summed E-state index contributed by atoms with van der Waals surface area (Å²) >= 11 is 0. The molecule has 116 valence electrons. The van der Waals surface area contributed by atoms with Crippen LogP contribution in [0.3, 0.4) is 0 Å². The first kappa shape index (κ1) is 14.6. The van der Waals surface area contributed by atoms with Crippen LogP contribution in [0.4, 0.5) is 0 Å². The van der Waals surface area contributed by atoms with Crippen LogP contribution in [0, 0.1) is 6.92 Å². The number of nitrogens with zero attached hydrogens (tertiary/aromatic N) is 3. The van der Waals surface area contributed by atoms with Crippen LogP contribution in [0.25, 0.3) is 0 Å². The zero-order chi connectivity index (χ0) is 15.0. The van der Waals surface area contributed by atoms with E-state index in [1.165, 1.54) is 19.3 Å². The van der Waals surface area contributed by atoms with Crippen LogP contribution in [0.15, 0.2) is 10.6 Å². The highest BCUT2D eigenvalue weighted by atomic mass is 16.5. The van der Waals surface area contributed by atoms with Gasteiger partial charge in [-0.2, -0.15) is 0 Å². The second kappa shape index (κ2) is 5.79. The van der Waals surface area contributed by atoms with E-state index >= 15 is 0 Å². The average Bonchev–Trinajstić information content (AvgIpc) is 3.04. The van der Waals surface area contributed by atoms with Gasteiger partial charge in [0.25, 0.3) is 5.91 Å². The van der Waals surface area contributed by atoms with Crippen LogP contribution < -0.4 is 0 Å². The first-order valence-electron chi connectivity index (χ1n) is 8.06. The number of rotatable bonds is 2. The lowest BCUT2D eigenvalue weighted by atomic mass is 10.0. The Morgan fingerprint density at radius 2 is 2.00 bits per heavy atom. The zero-order valence-electron chi connectivity index (χ0n) is 13.2. The van der Waals surface area contributed by atoms with Crippen LogP contribution in [-0.2, 0) is 0 Å². The van der Waals surface area contributed by atoms with Crippen molar-refractivity contribution in [2.45, 2.75) is 64.6 Å². The smallest absolute Gasteiger partial charge is 0.292 e. The number of amides is 1. The molecule has 21 heavy (non-hydrogen) atoms. The molecular weight excluding hydrogens is 266 g/mol. The van der Waals surface area contributed by atoms with Crippen molar-refractivity contribution in [3.8, 4) is 0 Å². The molecular formula is C16H25N3O2. The third-order valence-corrected chi connectivity index (χ3v) is 4.96. The normalized spacial score (nSPS) is 30.8. The number of piperidine rings is 1. The summed E-state index contributed by atoms with van der Waals surface area (Å²) in [5.41, 5.74) is 0.758. The highest BCUT2D eigenvalue weighted by Crippen LogP contribution is 2.30. The van der Waals surface area contributed by atoms with Gasteiger partial charge in [-0.05, 0) is 46.5 Å². The molecule has 2 fully saturated rings. The van der Waals surface area contributed by atoms with Gasteiger partial charge in [0.15, 0.2) is 0 Å². The molecule has 0 saturated carbocycles. The lowest BCUT2D eigenvalue weighted by Gasteiger charge is -2.41. The number of aryl methyl sites for hydroxylation is 1. The topological polar surface area (TPSA) is 49.6 Å². The highest BCUT2D eigenvalue weighted by molar-refractivity contribution is 5.91. The van der Waals surface area contributed by atoms with Gasteiger partial charge >= 0.3 is 0 Å². The van der Waals surface area contributed by atoms with E-state index in [2.05, 4.69) is 23.9 Å². The van der Waals surface area contributed by atoms with Gasteiger partial charge in [-0.25, -0.2) is 0 Å². The van der Waals surface area contributed by atoms with Crippen molar-refractivity contribution in [3.63, 3.8) is 0 Å². The molecule has 2 saturated heterocycles. The Bertz CT molecular complexity index is 503. The minimum Gasteiger partial charge on any atom is -0.351 e. The van der Waals surface area contributed by atoms with Gasteiger partial charge in [-0.15, -0.1) is 0 Å². The Morgan fingerprint density at radius 1 is 1.29 bits per heavy atom. The Labute approximate surface area is 126 Å². The van der Waals surface area contributed by atoms with E-state index in [0.29, 0.717) is 23.9 Å². The molecule has 0 N–H and O–H groups in total. The van der Waals surface area contributed by atoms with E-state index in [1.54, 1.807) is 6.07 Å². The Morgan fingerprint density at radius 3 is 2.62 bits per heavy atom. The fourth-order valence-electron chi connectivity index (χ4n) is 3.94. The molecule has 0 bridgehead atoms. The Hall–Kier alpha value is -1.36. The average molecular weight is 291 g/mol. The third kappa shape index (κ3) is 2.84. The lowest BCUT2D eigenvalue weighted by Crippen LogP contribution is -2.52. The Kier molecular flexibility index (Phi) is 4.02. The molecule has 1 amide bonds. The number of aromatic nitrogens is 1. The fourth-order valence-corrected chi connectivity index (χ4v) is 3.94. The number of likely N-dealkylation sites (tertiary alicyclic amines) is 2. The highest BCUT2D eigenvalue weighted by Gasteiger charge is 2.36. The van der Waals surface area contributed by atoms with E-state index in [1.807, 2.05) is 11.8 Å². The summed E-state index contributed by atoms with van der Waals surface area (Å²) in [6, 6.07) is 3.48. The number of hydrogen-bond donors (Lipinski definition) is 0. The largest absolute Gasteiger partial charge is 0.351 e. The maximum atomic E-state index is 12.5. The van der Waals surface area contributed by atoms with Crippen molar-refractivity contribution >= 4 is 5.91 Å². The number of hydrogen-bond acceptors (Lipinski definition) is 4. The number of carbonyl (C=O) groups excluding carboxylic acids is 1. The second-order valence-corrected chi connectivity index (χ2v) is 6.60. The summed E-state index contributed by atoms with van der Waals surface area (Å²) in [4.78, 5) is 17.1. The van der Waals surface area contributed by atoms with E-state index in [0.717, 1.165) is 25.2 Å². The predicted octanol–water partition coefficient (Wildman–Crippen LogP) is 2.46. The lowest BCUT2D eigenvalue weighted by molar-refractivity contribution is 0.0456. The molecule has 5 nitrogen and oxygen atoms in total. The standard InChI is InChI=1S/C16H25N3O2/c1-11-9-15(21-17-11)16(20)18-8-4-5-14(10-18)19-12(2)6-7-13(19)3/h9,12-14H,4-8,10H2,1-3H3/t12-,13+,14-/m1/s1. The van der Waals surface area contributed by atoms with E-state index < -0.39 is 0 Å². The maximum absolute atomic E-state index is 12.5. The zero-order valence-corrected chi connectivity index (χ0v) is 13.2. The van der Waals surface area contributed by atoms with Crippen LogP contribution in [0.5, 0.6) is 0 Å². The SMILES string of the molecule is Cc1cc(C(=O)N2CCC[C@@H](N3[C@H](C)CC[C@@H]3C)C2)on1. The summed E-state index contributed by atoms with van der Waals surface area (Å²) in [7, 11) is 0. The molecule has 2 aliphatic rings. The molecule has 2 aliphatic heterocycles. The van der Waals surface area contributed by atoms with Crippen molar-refractivity contribution in [1.29, 1.82) is 0 Å². The summed E-state index contributed by atoms with van der Waals surface area (Å²) in [6.45, 7) is 8.10. The summed E-state index contributed by atoms with van der Waals surface area (Å²) in [5, 5.41) is 3.82. The third-order valence-electron chi connectivity index (χ3n) is 4.96. The van der Waals surface area contributed by atoms with Gasteiger partial charge in [-0.1, -0.05) is 5.16 Å². The van der Waals surface area contributed by atoms with Gasteiger partial charge in [0.1, 0.15) is 0 Å². The monoisotopic (exact) mass is 291 g/mol. The van der Waals surface area contributed by atoms with Crippen molar-refractivity contribution < 1.29 is 9.32 Å². The first-order chi connectivity index (χ1) is 10.1. The quantitative estimate of drug-likeness (QED) is 0.840. The van der Waals surface area contributed by atoms with Gasteiger partial charge in [-0.3, -0.25) is 9.69 Å². The molecule has 0 unspecified atom stereocenters. The minimum atomic E-state index is -0.0141. The van der Waals surface area contributed by atoms with Crippen molar-refractivity contribution in [2.75, 3.05) is 13.1 Å². The predicted molar refractivity (Wildman–Crippen MR) is 80.2 cm³/mol. The Balaban J connectivity index is 1.69.